The van der Waals surface area contributed by atoms with Gasteiger partial charge in [-0.2, -0.15) is 5.11 Å². The summed E-state index contributed by atoms with van der Waals surface area (Å²) in [6, 6.07) is 0.0955. The largest absolute Gasteiger partial charge is 0.332 e. The van der Waals surface area contributed by atoms with Crippen LogP contribution in [0.3, 0.4) is 0 Å². The third kappa shape index (κ3) is 4.86. The van der Waals surface area contributed by atoms with Crippen LogP contribution >= 0.6 is 17.0 Å². The van der Waals surface area contributed by atoms with Crippen LogP contribution in [0.25, 0.3) is 0 Å². The van der Waals surface area contributed by atoms with Gasteiger partial charge in [0, 0.05) is 12.5 Å². The zero-order chi connectivity index (χ0) is 15.1. The number of amides is 1. The molecular weight excluding hydrogens is 344 g/mol. The molecule has 0 aromatic rings. The Hall–Kier alpha value is -0.780. The summed E-state index contributed by atoms with van der Waals surface area (Å²) in [6.45, 7) is 5.56. The molecule has 126 valence electrons. The van der Waals surface area contributed by atoms with Gasteiger partial charge in [-0.15, -0.1) is 22.1 Å². The second kappa shape index (κ2) is 10.1. The van der Waals surface area contributed by atoms with Crippen LogP contribution in [-0.4, -0.2) is 35.9 Å². The first-order valence-corrected chi connectivity index (χ1v) is 8.50. The number of piperidine rings is 1. The lowest BCUT2D eigenvalue weighted by atomic mass is 9.97. The summed E-state index contributed by atoms with van der Waals surface area (Å²) in [6.07, 6.45) is 9.06. The molecule has 5 nitrogen and oxygen atoms in total. The van der Waals surface area contributed by atoms with E-state index < -0.39 is 0 Å². The first kappa shape index (κ1) is 19.3. The Morgan fingerprint density at radius 1 is 1.14 bits per heavy atom. The maximum Gasteiger partial charge on any atom is 0.226 e. The minimum Gasteiger partial charge on any atom is -0.332 e. The topological polar surface area (TPSA) is 57.4 Å². The van der Waals surface area contributed by atoms with Gasteiger partial charge in [-0.3, -0.25) is 4.79 Å². The second-order valence-corrected chi connectivity index (χ2v) is 6.13. The summed E-state index contributed by atoms with van der Waals surface area (Å²) in [5.74, 6) is 1.37. The van der Waals surface area contributed by atoms with Gasteiger partial charge < -0.3 is 4.90 Å². The highest BCUT2D eigenvalue weighted by Crippen LogP contribution is 2.30. The van der Waals surface area contributed by atoms with Crippen molar-refractivity contribution in [2.75, 3.05) is 13.2 Å². The Kier molecular flexibility index (Phi) is 8.83. The molecule has 0 aromatic carbocycles. The SMILES string of the molecule is Br.CCC.O=C(C1CCCC1)N1CCCCC1C1=NCN=N1. The van der Waals surface area contributed by atoms with Crippen molar-refractivity contribution in [3.8, 4) is 0 Å². The van der Waals surface area contributed by atoms with Gasteiger partial charge in [0.05, 0.1) is 6.04 Å². The van der Waals surface area contributed by atoms with Crippen LogP contribution in [0.2, 0.25) is 0 Å². The Labute approximate surface area is 144 Å². The van der Waals surface area contributed by atoms with E-state index in [4.69, 9.17) is 0 Å². The van der Waals surface area contributed by atoms with Gasteiger partial charge in [0.25, 0.3) is 0 Å². The molecule has 0 N–H and O–H groups in total. The predicted octanol–water partition coefficient (Wildman–Crippen LogP) is 4.37. The van der Waals surface area contributed by atoms with E-state index in [1.807, 2.05) is 4.90 Å². The summed E-state index contributed by atoms with van der Waals surface area (Å²) in [4.78, 5) is 18.9. The molecule has 3 rings (SSSR count). The third-order valence-corrected chi connectivity index (χ3v) is 4.26. The average Bonchev–Trinajstić information content (AvgIpc) is 3.21. The fourth-order valence-corrected chi connectivity index (χ4v) is 3.28. The van der Waals surface area contributed by atoms with Crippen LogP contribution in [-0.2, 0) is 4.79 Å². The van der Waals surface area contributed by atoms with Crippen molar-refractivity contribution >= 4 is 28.7 Å². The number of nitrogens with zero attached hydrogens (tertiary/aromatic N) is 4. The van der Waals surface area contributed by atoms with E-state index in [-0.39, 0.29) is 28.9 Å². The summed E-state index contributed by atoms with van der Waals surface area (Å²) in [5, 5.41) is 8.01. The lowest BCUT2D eigenvalue weighted by molar-refractivity contribution is -0.137. The summed E-state index contributed by atoms with van der Waals surface area (Å²) in [7, 11) is 0. The Morgan fingerprint density at radius 3 is 2.36 bits per heavy atom. The first-order valence-electron chi connectivity index (χ1n) is 8.50. The molecule has 0 bridgehead atoms. The lowest BCUT2D eigenvalue weighted by Crippen LogP contribution is -2.49. The number of likely N-dealkylation sites (tertiary alicyclic amines) is 1. The van der Waals surface area contributed by atoms with Crippen molar-refractivity contribution < 1.29 is 4.79 Å². The Balaban J connectivity index is 0.000000562. The quantitative estimate of drug-likeness (QED) is 0.709. The standard InChI is InChI=1S/C13H20N4O.C3H8.BrH/c18-13(10-5-1-2-6-10)17-8-4-3-7-11(17)12-14-9-15-16-12;1-3-2;/h10-11H,1-9H2;3H2,1-2H3;1H. The van der Waals surface area contributed by atoms with E-state index in [1.54, 1.807) is 0 Å². The van der Waals surface area contributed by atoms with E-state index >= 15 is 0 Å². The number of carbonyl (C=O) groups excluding carboxylic acids is 1. The molecule has 3 aliphatic rings. The van der Waals surface area contributed by atoms with Crippen LogP contribution in [0.4, 0.5) is 0 Å². The summed E-state index contributed by atoms with van der Waals surface area (Å²) in [5.41, 5.74) is 0. The van der Waals surface area contributed by atoms with E-state index in [0.29, 0.717) is 12.6 Å². The van der Waals surface area contributed by atoms with E-state index in [0.717, 1.165) is 44.5 Å². The van der Waals surface area contributed by atoms with Gasteiger partial charge in [0.1, 0.15) is 0 Å². The summed E-state index contributed by atoms with van der Waals surface area (Å²) >= 11 is 0. The molecule has 1 saturated carbocycles. The van der Waals surface area contributed by atoms with Gasteiger partial charge >= 0.3 is 0 Å². The zero-order valence-electron chi connectivity index (χ0n) is 13.8. The minimum atomic E-state index is 0. The minimum absolute atomic E-state index is 0. The van der Waals surface area contributed by atoms with Gasteiger partial charge in [-0.1, -0.05) is 33.1 Å². The van der Waals surface area contributed by atoms with Crippen molar-refractivity contribution in [3.05, 3.63) is 0 Å². The predicted molar refractivity (Wildman–Crippen MR) is 94.8 cm³/mol. The van der Waals surface area contributed by atoms with Crippen LogP contribution in [0.5, 0.6) is 0 Å². The molecule has 2 heterocycles. The molecule has 0 spiro atoms. The normalized spacial score (nSPS) is 24.4. The summed E-state index contributed by atoms with van der Waals surface area (Å²) < 4.78 is 0. The van der Waals surface area contributed by atoms with Gasteiger partial charge in [0.15, 0.2) is 12.5 Å². The fourth-order valence-electron chi connectivity index (χ4n) is 3.28. The van der Waals surface area contributed by atoms with Crippen molar-refractivity contribution in [1.29, 1.82) is 0 Å². The molecule has 0 radical (unpaired) electrons. The molecule has 1 amide bonds. The molecule has 2 fully saturated rings. The Morgan fingerprint density at radius 2 is 1.77 bits per heavy atom. The molecule has 0 aromatic heterocycles. The number of hydrogen-bond acceptors (Lipinski definition) is 4. The monoisotopic (exact) mass is 372 g/mol. The van der Waals surface area contributed by atoms with E-state index in [9.17, 15) is 4.79 Å². The number of rotatable bonds is 2. The molecule has 6 heteroatoms. The highest BCUT2D eigenvalue weighted by atomic mass is 79.9. The number of hydrogen-bond donors (Lipinski definition) is 0. The van der Waals surface area contributed by atoms with Crippen LogP contribution in [0.15, 0.2) is 15.2 Å². The highest BCUT2D eigenvalue weighted by Gasteiger charge is 2.35. The van der Waals surface area contributed by atoms with Gasteiger partial charge in [-0.05, 0) is 32.1 Å². The smallest absolute Gasteiger partial charge is 0.226 e. The Bertz CT molecular complexity index is 405. The second-order valence-electron chi connectivity index (χ2n) is 6.13. The molecule has 2 aliphatic heterocycles. The molecule has 1 aliphatic carbocycles. The molecule has 1 atom stereocenters. The van der Waals surface area contributed by atoms with Crippen LogP contribution in [0, 0.1) is 5.92 Å². The maximum atomic E-state index is 12.6. The average molecular weight is 373 g/mol. The van der Waals surface area contributed by atoms with Crippen LogP contribution in [0.1, 0.15) is 65.2 Å². The first-order chi connectivity index (χ1) is 10.3. The third-order valence-electron chi connectivity index (χ3n) is 4.26. The number of amidine groups is 1. The van der Waals surface area contributed by atoms with Gasteiger partial charge in [0.2, 0.25) is 5.91 Å². The number of halogens is 1. The van der Waals surface area contributed by atoms with Crippen molar-refractivity contribution in [2.45, 2.75) is 71.3 Å². The number of azo groups is 1. The van der Waals surface area contributed by atoms with Gasteiger partial charge in [-0.25, -0.2) is 4.99 Å². The fraction of sp³-hybridized carbons (Fsp3) is 0.875. The molecule has 1 saturated heterocycles. The van der Waals surface area contributed by atoms with Crippen LogP contribution < -0.4 is 0 Å². The van der Waals surface area contributed by atoms with E-state index in [2.05, 4.69) is 29.1 Å². The number of aliphatic imine (C=N–C) groups is 1. The zero-order valence-corrected chi connectivity index (χ0v) is 15.5. The van der Waals surface area contributed by atoms with E-state index in [1.165, 1.54) is 19.3 Å². The maximum absolute atomic E-state index is 12.6. The molecule has 1 unspecified atom stereocenters. The molecule has 22 heavy (non-hydrogen) atoms. The van der Waals surface area contributed by atoms with Crippen molar-refractivity contribution in [2.24, 2.45) is 21.1 Å². The lowest BCUT2D eigenvalue weighted by Gasteiger charge is -2.36. The highest BCUT2D eigenvalue weighted by molar-refractivity contribution is 8.93. The molecular formula is C16H29BrN4O. The van der Waals surface area contributed by atoms with Crippen molar-refractivity contribution in [1.82, 2.24) is 4.90 Å². The number of carbonyl (C=O) groups is 1. The van der Waals surface area contributed by atoms with Crippen molar-refractivity contribution in [3.63, 3.8) is 0 Å².